The summed E-state index contributed by atoms with van der Waals surface area (Å²) >= 11 is 0. The summed E-state index contributed by atoms with van der Waals surface area (Å²) in [5.41, 5.74) is 0.821. The Bertz CT molecular complexity index is 1130. The lowest BCUT2D eigenvalue weighted by Crippen LogP contribution is -2.58. The molecule has 7 nitrogen and oxygen atoms in total. The molecule has 0 unspecified atom stereocenters. The normalized spacial score (nSPS) is 35.9. The molecule has 3 amide bonds. The molecule has 210 valence electrons. The molecule has 4 fully saturated rings. The monoisotopic (exact) mass is 533 g/mol. The molecular formula is C32H43N3O4. The predicted octanol–water partition coefficient (Wildman–Crippen LogP) is 4.93. The Balaban J connectivity index is 1.29. The van der Waals surface area contributed by atoms with Crippen molar-refractivity contribution in [2.45, 2.75) is 114 Å². The van der Waals surface area contributed by atoms with Crippen LogP contribution < -0.4 is 10.6 Å². The average Bonchev–Trinajstić information content (AvgIpc) is 3.57. The Morgan fingerprint density at radius 2 is 1.67 bits per heavy atom. The third-order valence-electron chi connectivity index (χ3n) is 10.0. The highest BCUT2D eigenvalue weighted by atomic mass is 16.5. The minimum absolute atomic E-state index is 0.000815. The zero-order valence-electron chi connectivity index (χ0n) is 23.5. The van der Waals surface area contributed by atoms with Crippen molar-refractivity contribution < 1.29 is 19.1 Å². The summed E-state index contributed by atoms with van der Waals surface area (Å²) < 4.78 is 6.55. The Morgan fingerprint density at radius 1 is 0.974 bits per heavy atom. The van der Waals surface area contributed by atoms with Crippen LogP contribution in [0.1, 0.15) is 90.0 Å². The average molecular weight is 534 g/mol. The van der Waals surface area contributed by atoms with Gasteiger partial charge in [0.2, 0.25) is 17.7 Å². The molecule has 1 spiro atoms. The van der Waals surface area contributed by atoms with Gasteiger partial charge in [0, 0.05) is 17.8 Å². The van der Waals surface area contributed by atoms with Crippen LogP contribution in [0.25, 0.3) is 0 Å². The molecule has 1 aromatic carbocycles. The number of ether oxygens (including phenoxy) is 1. The zero-order chi connectivity index (χ0) is 27.3. The molecule has 0 radical (unpaired) electrons. The van der Waals surface area contributed by atoms with Crippen molar-refractivity contribution in [3.05, 3.63) is 42.0 Å². The maximum Gasteiger partial charge on any atom is 0.246 e. The molecule has 5 atom stereocenters. The number of nitrogens with zero attached hydrogens (tertiary/aromatic N) is 1. The molecule has 5 aliphatic rings. The van der Waals surface area contributed by atoms with Crippen LogP contribution in [0.5, 0.6) is 0 Å². The summed E-state index contributed by atoms with van der Waals surface area (Å²) in [7, 11) is 0. The summed E-state index contributed by atoms with van der Waals surface area (Å²) in [6.07, 6.45) is 12.6. The molecule has 2 aliphatic carbocycles. The van der Waals surface area contributed by atoms with Crippen molar-refractivity contribution in [1.29, 1.82) is 0 Å². The van der Waals surface area contributed by atoms with Crippen LogP contribution in [-0.2, 0) is 19.1 Å². The lowest BCUT2D eigenvalue weighted by atomic mass is 9.74. The van der Waals surface area contributed by atoms with Crippen LogP contribution in [0.3, 0.4) is 0 Å². The van der Waals surface area contributed by atoms with E-state index in [1.54, 1.807) is 0 Å². The van der Waals surface area contributed by atoms with E-state index in [0.29, 0.717) is 17.5 Å². The summed E-state index contributed by atoms with van der Waals surface area (Å²) in [6.45, 7) is 6.53. The maximum atomic E-state index is 14.3. The van der Waals surface area contributed by atoms with Crippen LogP contribution in [-0.4, -0.2) is 52.5 Å². The Labute approximate surface area is 232 Å². The molecule has 2 saturated heterocycles. The summed E-state index contributed by atoms with van der Waals surface area (Å²) in [5.74, 6) is -0.757. The highest BCUT2D eigenvalue weighted by molar-refractivity contribution is 6.03. The van der Waals surface area contributed by atoms with Crippen LogP contribution in [0.15, 0.2) is 36.4 Å². The Hall–Kier alpha value is -2.67. The van der Waals surface area contributed by atoms with Crippen LogP contribution in [0.4, 0.5) is 5.69 Å². The quantitative estimate of drug-likeness (QED) is 0.508. The fourth-order valence-corrected chi connectivity index (χ4v) is 7.82. The first-order chi connectivity index (χ1) is 18.8. The van der Waals surface area contributed by atoms with Gasteiger partial charge >= 0.3 is 0 Å². The highest BCUT2D eigenvalue weighted by Crippen LogP contribution is 2.56. The van der Waals surface area contributed by atoms with Crippen molar-refractivity contribution in [2.75, 3.05) is 5.32 Å². The number of fused-ring (bicyclic) bond motifs is 1. The molecule has 7 heteroatoms. The summed E-state index contributed by atoms with van der Waals surface area (Å²) in [4.78, 5) is 43.9. The molecule has 1 aromatic rings. The highest BCUT2D eigenvalue weighted by Gasteiger charge is 2.73. The molecule has 3 heterocycles. The number of carbonyl (C=O) groups is 3. The maximum absolute atomic E-state index is 14.3. The van der Waals surface area contributed by atoms with E-state index in [1.807, 2.05) is 41.3 Å². The van der Waals surface area contributed by atoms with Gasteiger partial charge in [-0.25, -0.2) is 0 Å². The van der Waals surface area contributed by atoms with E-state index in [-0.39, 0.29) is 29.8 Å². The van der Waals surface area contributed by atoms with E-state index in [4.69, 9.17) is 4.74 Å². The number of benzene rings is 1. The number of rotatable bonds is 6. The summed E-state index contributed by atoms with van der Waals surface area (Å²) in [6, 6.07) is 7.28. The van der Waals surface area contributed by atoms with Gasteiger partial charge in [-0.1, -0.05) is 64.3 Å². The fourth-order valence-electron chi connectivity index (χ4n) is 7.82. The number of hydrogen-bond donors (Lipinski definition) is 2. The number of amides is 3. The topological polar surface area (TPSA) is 87.7 Å². The third-order valence-corrected chi connectivity index (χ3v) is 10.0. The second-order valence-electron chi connectivity index (χ2n) is 13.0. The van der Waals surface area contributed by atoms with Gasteiger partial charge in [0.25, 0.3) is 0 Å². The van der Waals surface area contributed by atoms with Gasteiger partial charge in [-0.15, -0.1) is 0 Å². The van der Waals surface area contributed by atoms with Gasteiger partial charge in [0.15, 0.2) is 0 Å². The van der Waals surface area contributed by atoms with E-state index in [2.05, 4.69) is 31.4 Å². The van der Waals surface area contributed by atoms with Crippen molar-refractivity contribution in [1.82, 2.24) is 10.2 Å². The van der Waals surface area contributed by atoms with Gasteiger partial charge in [-0.05, 0) is 68.1 Å². The first kappa shape index (κ1) is 26.5. The number of hydrogen-bond acceptors (Lipinski definition) is 4. The molecule has 6 rings (SSSR count). The Morgan fingerprint density at radius 3 is 2.33 bits per heavy atom. The van der Waals surface area contributed by atoms with E-state index >= 15 is 0 Å². The van der Waals surface area contributed by atoms with Crippen molar-refractivity contribution >= 4 is 23.4 Å². The molecule has 0 aromatic heterocycles. The third kappa shape index (κ3) is 4.60. The molecule has 39 heavy (non-hydrogen) atoms. The first-order valence-electron chi connectivity index (χ1n) is 15.2. The standard InChI is InChI=1S/C32H43N3O4/c1-19(2)21-11-13-23(14-12-21)33-29(36)26-25-17-18-32(39-25)27(26)31(38)35(24-15-9-20(3)10-16-24)28(32)30(37)34-22-7-5-4-6-8-22/h11-14,17-20,22,24-28H,4-10,15-16H2,1-3H3,(H,33,36)(H,34,37)/t20?,24?,25-,26-,27-,28-,32+/m1/s1. The predicted molar refractivity (Wildman–Crippen MR) is 150 cm³/mol. The van der Waals surface area contributed by atoms with Gasteiger partial charge in [0.05, 0.1) is 17.9 Å². The number of anilines is 1. The van der Waals surface area contributed by atoms with Crippen molar-refractivity contribution in [3.8, 4) is 0 Å². The first-order valence-corrected chi connectivity index (χ1v) is 15.2. The van der Waals surface area contributed by atoms with E-state index in [9.17, 15) is 14.4 Å². The van der Waals surface area contributed by atoms with Gasteiger partial charge in [0.1, 0.15) is 11.6 Å². The van der Waals surface area contributed by atoms with E-state index < -0.39 is 29.6 Å². The molecule has 3 aliphatic heterocycles. The zero-order valence-corrected chi connectivity index (χ0v) is 23.5. The SMILES string of the molecule is CC1CCC(N2C(=O)[C@H]3[C@H](C(=O)Nc4ccc(C(C)C)cc4)[C@H]4C=C[C@@]3(O4)[C@H]2C(=O)NC2CCCCC2)CC1. The van der Waals surface area contributed by atoms with Crippen LogP contribution in [0.2, 0.25) is 0 Å². The number of nitrogens with one attached hydrogen (secondary N) is 2. The number of likely N-dealkylation sites (tertiary alicyclic amines) is 1. The number of carbonyl (C=O) groups excluding carboxylic acids is 3. The van der Waals surface area contributed by atoms with E-state index in [0.717, 1.165) is 51.4 Å². The van der Waals surface area contributed by atoms with E-state index in [1.165, 1.54) is 12.0 Å². The lowest BCUT2D eigenvalue weighted by Gasteiger charge is -2.40. The minimum Gasteiger partial charge on any atom is -0.359 e. The second kappa shape index (κ2) is 10.4. The molecular weight excluding hydrogens is 490 g/mol. The van der Waals surface area contributed by atoms with Crippen molar-refractivity contribution in [3.63, 3.8) is 0 Å². The Kier molecular flexibility index (Phi) is 7.07. The van der Waals surface area contributed by atoms with Crippen molar-refractivity contribution in [2.24, 2.45) is 17.8 Å². The largest absolute Gasteiger partial charge is 0.359 e. The second-order valence-corrected chi connectivity index (χ2v) is 13.0. The smallest absolute Gasteiger partial charge is 0.246 e. The summed E-state index contributed by atoms with van der Waals surface area (Å²) in [5, 5.41) is 6.35. The minimum atomic E-state index is -1.09. The van der Waals surface area contributed by atoms with Gasteiger partial charge in [-0.3, -0.25) is 14.4 Å². The molecule has 2 bridgehead atoms. The molecule has 2 saturated carbocycles. The van der Waals surface area contributed by atoms with Gasteiger partial charge in [-0.2, -0.15) is 0 Å². The van der Waals surface area contributed by atoms with Crippen LogP contribution >= 0.6 is 0 Å². The van der Waals surface area contributed by atoms with Gasteiger partial charge < -0.3 is 20.3 Å². The van der Waals surface area contributed by atoms with Crippen LogP contribution in [0, 0.1) is 17.8 Å². The lowest BCUT2D eigenvalue weighted by molar-refractivity contribution is -0.145. The molecule has 2 N–H and O–H groups in total. The fraction of sp³-hybridized carbons (Fsp3) is 0.656.